The highest BCUT2D eigenvalue weighted by atomic mass is 32.1. The normalized spacial score (nSPS) is 17.3. The van der Waals surface area contributed by atoms with Gasteiger partial charge in [-0.15, -0.1) is 11.3 Å². The van der Waals surface area contributed by atoms with Gasteiger partial charge in [0.2, 0.25) is 0 Å². The summed E-state index contributed by atoms with van der Waals surface area (Å²) in [6.07, 6.45) is 2.21. The molecule has 1 aliphatic rings. The highest BCUT2D eigenvalue weighted by Gasteiger charge is 2.35. The Hall–Kier alpha value is -2.66. The number of nitrogens with zero attached hydrogens (tertiary/aromatic N) is 2. The van der Waals surface area contributed by atoms with Crippen LogP contribution in [0, 0.1) is 0 Å². The molecule has 4 nitrogen and oxygen atoms in total. The maximum Gasteiger partial charge on any atom is 0.310 e. The Morgan fingerprint density at radius 2 is 2.00 bits per heavy atom. The number of carbonyl (C=O) groups excluding carboxylic acids is 1. The zero-order valence-corrected chi connectivity index (χ0v) is 13.1. The van der Waals surface area contributed by atoms with E-state index in [0.717, 1.165) is 16.2 Å². The van der Waals surface area contributed by atoms with E-state index in [9.17, 15) is 4.79 Å². The van der Waals surface area contributed by atoms with Gasteiger partial charge in [0.25, 0.3) is 0 Å². The Bertz CT molecular complexity index is 823. The summed E-state index contributed by atoms with van der Waals surface area (Å²) in [4.78, 5) is 13.8. The van der Waals surface area contributed by atoms with E-state index < -0.39 is 0 Å². The van der Waals surface area contributed by atoms with Crippen molar-refractivity contribution in [3.05, 3.63) is 82.4 Å². The second-order valence-electron chi connectivity index (χ2n) is 5.28. The van der Waals surface area contributed by atoms with E-state index in [2.05, 4.69) is 5.10 Å². The molecule has 0 saturated heterocycles. The van der Waals surface area contributed by atoms with Crippen LogP contribution in [0.25, 0.3) is 0 Å². The maximum atomic E-state index is 12.7. The standard InChI is InChI=1S/C18H14N2O2S/c21-18(16-8-4-10-22-16)20-15(17-9-5-11-23-17)12-14(19-20)13-6-2-1-3-7-13/h1-11,15H,12H2/t15-/m1/s1. The van der Waals surface area contributed by atoms with Gasteiger partial charge in [-0.3, -0.25) is 4.79 Å². The third-order valence-electron chi connectivity index (χ3n) is 3.83. The molecule has 1 atom stereocenters. The first-order valence-electron chi connectivity index (χ1n) is 7.36. The van der Waals surface area contributed by atoms with Crippen LogP contribution >= 0.6 is 11.3 Å². The number of hydrogen-bond donors (Lipinski definition) is 0. The molecule has 2 aromatic heterocycles. The molecule has 0 fully saturated rings. The molecule has 1 aliphatic heterocycles. The quantitative estimate of drug-likeness (QED) is 0.720. The smallest absolute Gasteiger partial charge is 0.310 e. The van der Waals surface area contributed by atoms with Gasteiger partial charge in [0.05, 0.1) is 18.0 Å². The zero-order valence-electron chi connectivity index (χ0n) is 12.3. The highest BCUT2D eigenvalue weighted by Crippen LogP contribution is 2.36. The number of benzene rings is 1. The molecule has 23 heavy (non-hydrogen) atoms. The summed E-state index contributed by atoms with van der Waals surface area (Å²) in [5.41, 5.74) is 1.97. The molecule has 5 heteroatoms. The van der Waals surface area contributed by atoms with Crippen molar-refractivity contribution in [1.82, 2.24) is 5.01 Å². The zero-order chi connectivity index (χ0) is 15.6. The number of thiophene rings is 1. The van der Waals surface area contributed by atoms with Gasteiger partial charge in [-0.1, -0.05) is 36.4 Å². The summed E-state index contributed by atoms with van der Waals surface area (Å²) in [6.45, 7) is 0. The molecule has 3 heterocycles. The Kier molecular flexibility index (Phi) is 3.55. The molecule has 3 aromatic rings. The van der Waals surface area contributed by atoms with E-state index in [-0.39, 0.29) is 11.9 Å². The lowest BCUT2D eigenvalue weighted by atomic mass is 10.0. The van der Waals surface area contributed by atoms with Gasteiger partial charge >= 0.3 is 5.91 Å². The van der Waals surface area contributed by atoms with Crippen molar-refractivity contribution in [2.24, 2.45) is 5.10 Å². The van der Waals surface area contributed by atoms with Crippen LogP contribution in [0.3, 0.4) is 0 Å². The van der Waals surface area contributed by atoms with Crippen molar-refractivity contribution in [3.63, 3.8) is 0 Å². The summed E-state index contributed by atoms with van der Waals surface area (Å²) < 4.78 is 5.26. The first-order valence-corrected chi connectivity index (χ1v) is 8.24. The van der Waals surface area contributed by atoms with Crippen LogP contribution in [0.15, 0.2) is 75.8 Å². The lowest BCUT2D eigenvalue weighted by Gasteiger charge is -2.19. The van der Waals surface area contributed by atoms with Gasteiger partial charge in [-0.05, 0) is 29.1 Å². The van der Waals surface area contributed by atoms with E-state index in [0.29, 0.717) is 12.2 Å². The van der Waals surface area contributed by atoms with Crippen LogP contribution in [-0.2, 0) is 0 Å². The Balaban J connectivity index is 1.72. The van der Waals surface area contributed by atoms with Crippen LogP contribution in [0.1, 0.15) is 33.5 Å². The molecule has 0 radical (unpaired) electrons. The summed E-state index contributed by atoms with van der Waals surface area (Å²) in [5.74, 6) is 0.101. The van der Waals surface area contributed by atoms with Gasteiger partial charge in [-0.25, -0.2) is 5.01 Å². The van der Waals surface area contributed by atoms with Crippen molar-refractivity contribution in [2.75, 3.05) is 0 Å². The van der Waals surface area contributed by atoms with E-state index >= 15 is 0 Å². The highest BCUT2D eigenvalue weighted by molar-refractivity contribution is 7.10. The Morgan fingerprint density at radius 3 is 2.70 bits per heavy atom. The molecule has 0 aliphatic carbocycles. The van der Waals surface area contributed by atoms with Crippen molar-refractivity contribution in [1.29, 1.82) is 0 Å². The average Bonchev–Trinajstić information content (AvgIpc) is 3.35. The molecule has 1 amide bonds. The minimum absolute atomic E-state index is 0.0807. The number of amides is 1. The van der Waals surface area contributed by atoms with Gasteiger partial charge < -0.3 is 4.42 Å². The molecule has 0 unspecified atom stereocenters. The lowest BCUT2D eigenvalue weighted by Crippen LogP contribution is -2.26. The summed E-state index contributed by atoms with van der Waals surface area (Å²) in [7, 11) is 0. The lowest BCUT2D eigenvalue weighted by molar-refractivity contribution is 0.0681. The number of hydrogen-bond acceptors (Lipinski definition) is 4. The summed E-state index contributed by atoms with van der Waals surface area (Å²) in [6, 6.07) is 17.3. The molecule has 0 saturated carbocycles. The van der Waals surface area contributed by atoms with Crippen LogP contribution in [0.4, 0.5) is 0 Å². The third kappa shape index (κ3) is 2.59. The van der Waals surface area contributed by atoms with Crippen molar-refractivity contribution in [3.8, 4) is 0 Å². The van der Waals surface area contributed by atoms with Crippen LogP contribution in [-0.4, -0.2) is 16.6 Å². The molecule has 1 aromatic carbocycles. The van der Waals surface area contributed by atoms with Gasteiger partial charge in [0.1, 0.15) is 0 Å². The second-order valence-corrected chi connectivity index (χ2v) is 6.25. The van der Waals surface area contributed by atoms with E-state index in [1.807, 2.05) is 47.8 Å². The average molecular weight is 322 g/mol. The number of hydrazone groups is 1. The maximum absolute atomic E-state index is 12.7. The topological polar surface area (TPSA) is 45.8 Å². The number of carbonyl (C=O) groups is 1. The fraction of sp³-hybridized carbons (Fsp3) is 0.111. The first-order chi connectivity index (χ1) is 11.3. The van der Waals surface area contributed by atoms with E-state index in [1.54, 1.807) is 28.5 Å². The first kappa shape index (κ1) is 14.0. The van der Waals surface area contributed by atoms with Crippen molar-refractivity contribution < 1.29 is 9.21 Å². The van der Waals surface area contributed by atoms with Crippen LogP contribution < -0.4 is 0 Å². The Labute approximate surface area is 137 Å². The van der Waals surface area contributed by atoms with Crippen LogP contribution in [0.5, 0.6) is 0 Å². The molecule has 114 valence electrons. The molecule has 0 N–H and O–H groups in total. The fourth-order valence-electron chi connectivity index (χ4n) is 2.72. The summed E-state index contributed by atoms with van der Waals surface area (Å²) in [5, 5.41) is 8.17. The predicted molar refractivity (Wildman–Crippen MR) is 89.5 cm³/mol. The minimum Gasteiger partial charge on any atom is -0.459 e. The minimum atomic E-state index is -0.209. The molecule has 0 bridgehead atoms. The molecule has 0 spiro atoms. The van der Waals surface area contributed by atoms with Crippen molar-refractivity contribution in [2.45, 2.75) is 12.5 Å². The SMILES string of the molecule is O=C(c1ccco1)N1N=C(c2ccccc2)C[C@@H]1c1cccs1. The largest absolute Gasteiger partial charge is 0.459 e. The van der Waals surface area contributed by atoms with Gasteiger partial charge in [-0.2, -0.15) is 5.10 Å². The predicted octanol–water partition coefficient (Wildman–Crippen LogP) is 4.33. The fourth-order valence-corrected chi connectivity index (χ4v) is 3.53. The van der Waals surface area contributed by atoms with E-state index in [4.69, 9.17) is 4.42 Å². The molecular formula is C18H14N2O2S. The number of rotatable bonds is 3. The second kappa shape index (κ2) is 5.85. The monoisotopic (exact) mass is 322 g/mol. The Morgan fingerprint density at radius 1 is 1.13 bits per heavy atom. The van der Waals surface area contributed by atoms with Crippen molar-refractivity contribution >= 4 is 23.0 Å². The molecular weight excluding hydrogens is 308 g/mol. The van der Waals surface area contributed by atoms with Gasteiger partial charge in [0.15, 0.2) is 5.76 Å². The number of furan rings is 1. The third-order valence-corrected chi connectivity index (χ3v) is 4.80. The van der Waals surface area contributed by atoms with Crippen LogP contribution in [0.2, 0.25) is 0 Å². The summed E-state index contributed by atoms with van der Waals surface area (Å²) >= 11 is 1.64. The van der Waals surface area contributed by atoms with Gasteiger partial charge in [0, 0.05) is 11.3 Å². The molecule has 4 rings (SSSR count). The van der Waals surface area contributed by atoms with E-state index in [1.165, 1.54) is 6.26 Å².